The highest BCUT2D eigenvalue weighted by molar-refractivity contribution is 5.70. The van der Waals surface area contributed by atoms with Gasteiger partial charge in [0, 0.05) is 19.3 Å². The Kier molecular flexibility index (Phi) is 20.1. The van der Waals surface area contributed by atoms with E-state index in [0.29, 0.717) is 38.2 Å². The molecule has 29 heavy (non-hydrogen) atoms. The highest BCUT2D eigenvalue weighted by Gasteiger charge is 2.06. The molecule has 0 amide bonds. The molecule has 0 rings (SSSR count). The zero-order valence-electron chi connectivity index (χ0n) is 19.2. The number of rotatable bonds is 18. The van der Waals surface area contributed by atoms with E-state index in [4.69, 9.17) is 9.47 Å². The molecule has 0 fully saturated rings. The van der Waals surface area contributed by atoms with Gasteiger partial charge in [0.15, 0.2) is 6.61 Å². The Bertz CT molecular complexity index is 459. The summed E-state index contributed by atoms with van der Waals surface area (Å²) in [6.07, 6.45) is 15.2. The highest BCUT2D eigenvalue weighted by Crippen LogP contribution is 2.09. The minimum Gasteiger partial charge on any atom is -0.466 e. The van der Waals surface area contributed by atoms with E-state index >= 15 is 0 Å². The van der Waals surface area contributed by atoms with Crippen molar-refractivity contribution < 1.29 is 19.1 Å². The molecule has 0 aromatic rings. The van der Waals surface area contributed by atoms with Gasteiger partial charge in [-0.2, -0.15) is 0 Å². The van der Waals surface area contributed by atoms with Gasteiger partial charge in [-0.15, -0.1) is 0 Å². The molecule has 168 valence electrons. The lowest BCUT2D eigenvalue weighted by Gasteiger charge is -2.06. The van der Waals surface area contributed by atoms with Crippen molar-refractivity contribution in [3.05, 3.63) is 0 Å². The van der Waals surface area contributed by atoms with E-state index in [1.54, 1.807) is 0 Å². The molecule has 0 bridgehead atoms. The summed E-state index contributed by atoms with van der Waals surface area (Å²) in [6, 6.07) is 0. The lowest BCUT2D eigenvalue weighted by Crippen LogP contribution is -2.08. The molecule has 0 aromatic carbocycles. The molecule has 0 saturated carbocycles. The molecule has 4 heteroatoms. The minimum atomic E-state index is -0.239. The van der Waals surface area contributed by atoms with E-state index in [1.807, 2.05) is 0 Å². The third-order valence-corrected chi connectivity index (χ3v) is 4.79. The molecular weight excluding hydrogens is 364 g/mol. The van der Waals surface area contributed by atoms with E-state index in [0.717, 1.165) is 25.7 Å². The van der Waals surface area contributed by atoms with Crippen LogP contribution in [0, 0.1) is 17.8 Å². The predicted molar refractivity (Wildman–Crippen MR) is 119 cm³/mol. The number of esters is 2. The van der Waals surface area contributed by atoms with Gasteiger partial charge in [0.25, 0.3) is 0 Å². The smallest absolute Gasteiger partial charge is 0.306 e. The van der Waals surface area contributed by atoms with E-state index < -0.39 is 0 Å². The molecule has 0 aliphatic carbocycles. The fraction of sp³-hybridized carbons (Fsp3) is 0.840. The maximum absolute atomic E-state index is 11.6. The third-order valence-electron chi connectivity index (χ3n) is 4.79. The third kappa shape index (κ3) is 22.7. The summed E-state index contributed by atoms with van der Waals surface area (Å²) in [5, 5.41) is 0. The summed E-state index contributed by atoms with van der Waals surface area (Å²) < 4.78 is 10.3. The fourth-order valence-electron chi connectivity index (χ4n) is 2.96. The van der Waals surface area contributed by atoms with E-state index in [2.05, 4.69) is 32.6 Å². The molecule has 0 radical (unpaired) electrons. The van der Waals surface area contributed by atoms with Crippen LogP contribution >= 0.6 is 0 Å². The quantitative estimate of drug-likeness (QED) is 0.146. The van der Waals surface area contributed by atoms with Gasteiger partial charge in [-0.25, -0.2) is 0 Å². The zero-order valence-corrected chi connectivity index (χ0v) is 19.2. The first-order chi connectivity index (χ1) is 14.1. The van der Waals surface area contributed by atoms with E-state index in [1.165, 1.54) is 44.9 Å². The van der Waals surface area contributed by atoms with E-state index in [-0.39, 0.29) is 18.5 Å². The molecule has 0 aliphatic rings. The van der Waals surface area contributed by atoms with Crippen LogP contribution in [0.25, 0.3) is 0 Å². The summed E-state index contributed by atoms with van der Waals surface area (Å²) in [7, 11) is 0. The van der Waals surface area contributed by atoms with Crippen LogP contribution in [0.4, 0.5) is 0 Å². The molecule has 0 spiro atoms. The number of hydrogen-bond donors (Lipinski definition) is 0. The van der Waals surface area contributed by atoms with Crippen molar-refractivity contribution in [2.24, 2.45) is 5.92 Å². The van der Waals surface area contributed by atoms with Crippen LogP contribution in [0.3, 0.4) is 0 Å². The summed E-state index contributed by atoms with van der Waals surface area (Å²) in [5.74, 6) is 6.21. The summed E-state index contributed by atoms with van der Waals surface area (Å²) in [4.78, 5) is 23.2. The van der Waals surface area contributed by atoms with Crippen molar-refractivity contribution in [2.45, 2.75) is 117 Å². The molecular formula is C25H44O4. The first kappa shape index (κ1) is 27.5. The summed E-state index contributed by atoms with van der Waals surface area (Å²) in [5.41, 5.74) is 0. The second-order valence-corrected chi connectivity index (χ2v) is 8.20. The maximum Gasteiger partial charge on any atom is 0.306 e. The van der Waals surface area contributed by atoms with Gasteiger partial charge in [-0.1, -0.05) is 77.6 Å². The van der Waals surface area contributed by atoms with Gasteiger partial charge in [-0.3, -0.25) is 9.59 Å². The topological polar surface area (TPSA) is 52.6 Å². The minimum absolute atomic E-state index is 0.172. The van der Waals surface area contributed by atoms with Gasteiger partial charge in [0.2, 0.25) is 0 Å². The molecule has 0 heterocycles. The Morgan fingerprint density at radius 3 is 1.93 bits per heavy atom. The number of hydrogen-bond acceptors (Lipinski definition) is 4. The molecule has 0 N–H and O–H groups in total. The molecule has 0 aromatic heterocycles. The fourth-order valence-corrected chi connectivity index (χ4v) is 2.96. The lowest BCUT2D eigenvalue weighted by molar-refractivity contribution is -0.145. The molecule has 0 atom stereocenters. The number of unbranched alkanes of at least 4 members (excludes halogenated alkanes) is 9. The number of carbonyl (C=O) groups excluding carboxylic acids is 2. The van der Waals surface area contributed by atoms with Crippen molar-refractivity contribution in [2.75, 3.05) is 13.2 Å². The Balaban J connectivity index is 3.42. The monoisotopic (exact) mass is 408 g/mol. The van der Waals surface area contributed by atoms with Crippen LogP contribution in [0.1, 0.15) is 117 Å². The van der Waals surface area contributed by atoms with E-state index in [9.17, 15) is 9.59 Å². The maximum atomic E-state index is 11.6. The van der Waals surface area contributed by atoms with Crippen LogP contribution in [-0.4, -0.2) is 25.2 Å². The Morgan fingerprint density at radius 1 is 0.724 bits per heavy atom. The summed E-state index contributed by atoms with van der Waals surface area (Å²) in [6.45, 7) is 7.23. The highest BCUT2D eigenvalue weighted by atomic mass is 16.5. The van der Waals surface area contributed by atoms with Crippen molar-refractivity contribution in [3.8, 4) is 11.8 Å². The van der Waals surface area contributed by atoms with Crippen LogP contribution in [0.5, 0.6) is 0 Å². The molecule has 0 saturated heterocycles. The van der Waals surface area contributed by atoms with Crippen LogP contribution in [-0.2, 0) is 19.1 Å². The van der Waals surface area contributed by atoms with Crippen molar-refractivity contribution >= 4 is 11.9 Å². The average molecular weight is 409 g/mol. The lowest BCUT2D eigenvalue weighted by atomic mass is 10.1. The van der Waals surface area contributed by atoms with Gasteiger partial charge >= 0.3 is 11.9 Å². The first-order valence-electron chi connectivity index (χ1n) is 11.8. The average Bonchev–Trinajstić information content (AvgIpc) is 2.69. The second-order valence-electron chi connectivity index (χ2n) is 8.20. The first-order valence-corrected chi connectivity index (χ1v) is 11.8. The molecule has 4 nitrogen and oxygen atoms in total. The Hall–Kier alpha value is -1.50. The van der Waals surface area contributed by atoms with Gasteiger partial charge < -0.3 is 9.47 Å². The molecule has 0 aliphatic heterocycles. The predicted octanol–water partition coefficient (Wildman–Crippen LogP) is 6.60. The van der Waals surface area contributed by atoms with Crippen molar-refractivity contribution in [1.29, 1.82) is 0 Å². The van der Waals surface area contributed by atoms with Crippen LogP contribution < -0.4 is 0 Å². The Morgan fingerprint density at radius 2 is 1.31 bits per heavy atom. The van der Waals surface area contributed by atoms with Crippen molar-refractivity contribution in [3.63, 3.8) is 0 Å². The molecule has 0 unspecified atom stereocenters. The van der Waals surface area contributed by atoms with Gasteiger partial charge in [0.05, 0.1) is 6.61 Å². The van der Waals surface area contributed by atoms with Gasteiger partial charge in [-0.05, 0) is 38.0 Å². The van der Waals surface area contributed by atoms with Crippen LogP contribution in [0.15, 0.2) is 0 Å². The standard InChI is InChI=1S/C25H44O4/c1-4-5-6-7-8-9-10-11-12-13-16-21-28-24(26)19-14-15-20-25(27)29-22-17-18-23(2)3/h23H,4-12,14-15,17-22H2,1-3H3. The SMILES string of the molecule is CCCCCCCCCCC#CCOC(=O)CCCCC(=O)OCCCC(C)C. The normalized spacial score (nSPS) is 10.5. The zero-order chi connectivity index (χ0) is 21.6. The van der Waals surface area contributed by atoms with Crippen molar-refractivity contribution in [1.82, 2.24) is 0 Å². The summed E-state index contributed by atoms with van der Waals surface area (Å²) >= 11 is 0. The number of ether oxygens (including phenoxy) is 2. The van der Waals surface area contributed by atoms with Gasteiger partial charge in [0.1, 0.15) is 0 Å². The second kappa shape index (κ2) is 21.2. The van der Waals surface area contributed by atoms with Crippen LogP contribution in [0.2, 0.25) is 0 Å². The number of carbonyl (C=O) groups is 2. The Labute approximate surface area is 179 Å². The largest absolute Gasteiger partial charge is 0.466 e.